The van der Waals surface area contributed by atoms with Crippen molar-refractivity contribution >= 4 is 23.5 Å². The van der Waals surface area contributed by atoms with Gasteiger partial charge in [-0.05, 0) is 69.6 Å². The zero-order valence-electron chi connectivity index (χ0n) is 18.3. The Kier molecular flexibility index (Phi) is 6.10. The van der Waals surface area contributed by atoms with Crippen LogP contribution in [0.4, 0.5) is 5.95 Å². The fourth-order valence-electron chi connectivity index (χ4n) is 6.61. The van der Waals surface area contributed by atoms with E-state index in [9.17, 15) is 4.79 Å². The maximum absolute atomic E-state index is 12.2. The van der Waals surface area contributed by atoms with E-state index in [-0.39, 0.29) is 18.1 Å². The molecule has 5 atom stereocenters. The first-order valence-electron chi connectivity index (χ1n) is 12.0. The van der Waals surface area contributed by atoms with Crippen LogP contribution in [0.3, 0.4) is 0 Å². The summed E-state index contributed by atoms with van der Waals surface area (Å²) in [5.74, 6) is 2.31. The van der Waals surface area contributed by atoms with Gasteiger partial charge in [-0.15, -0.1) is 0 Å². The van der Waals surface area contributed by atoms with Gasteiger partial charge in [0.05, 0.1) is 29.6 Å². The van der Waals surface area contributed by atoms with E-state index < -0.39 is 0 Å². The molecule has 0 aromatic carbocycles. The average molecular weight is 448 g/mol. The summed E-state index contributed by atoms with van der Waals surface area (Å²) in [5.41, 5.74) is 5.85. The lowest BCUT2D eigenvalue weighted by molar-refractivity contribution is -0.127. The van der Waals surface area contributed by atoms with E-state index in [1.807, 2.05) is 0 Å². The maximum atomic E-state index is 12.2. The van der Waals surface area contributed by atoms with E-state index in [0.29, 0.717) is 41.5 Å². The van der Waals surface area contributed by atoms with Gasteiger partial charge < -0.3 is 15.4 Å². The lowest BCUT2D eigenvalue weighted by Crippen LogP contribution is -2.57. The predicted octanol–water partition coefficient (Wildman–Crippen LogP) is 2.87. The number of carbonyl (C=O) groups is 1. The first kappa shape index (κ1) is 21.4. The summed E-state index contributed by atoms with van der Waals surface area (Å²) in [5, 5.41) is 0.558. The highest BCUT2D eigenvalue weighted by Gasteiger charge is 2.51. The smallest absolute Gasteiger partial charge is 0.235 e. The second kappa shape index (κ2) is 8.83. The van der Waals surface area contributed by atoms with Gasteiger partial charge in [-0.1, -0.05) is 11.6 Å². The number of ether oxygens (including phenoxy) is 1. The highest BCUT2D eigenvalue weighted by atomic mass is 35.5. The summed E-state index contributed by atoms with van der Waals surface area (Å²) < 4.78 is 6.26. The number of hydrogen-bond donors (Lipinski definition) is 1. The molecule has 31 heavy (non-hydrogen) atoms. The van der Waals surface area contributed by atoms with E-state index in [1.54, 1.807) is 12.4 Å². The number of primary amides is 1. The molecule has 4 aliphatic rings. The number of amides is 1. The molecule has 4 fully saturated rings. The molecule has 5 rings (SSSR count). The molecule has 1 saturated carbocycles. The zero-order valence-corrected chi connectivity index (χ0v) is 19.1. The van der Waals surface area contributed by atoms with E-state index >= 15 is 0 Å². The standard InChI is InChI=1S/C23H34ClN5O2/c1-2-31-20-13-28(23-26-11-16(24)12-27-23)8-7-19(20)15-9-17-5-6-18(10-15)29(17)21(22(25)30)14-3-4-14/h11-12,14-15,17-21H,2-10,13H2,1H3,(H2,25,30)/t17-,18-,19+,20+,21+/m0/s1. The fraction of sp³-hybridized carbons (Fsp3) is 0.783. The average Bonchev–Trinajstić information content (AvgIpc) is 3.55. The van der Waals surface area contributed by atoms with Crippen LogP contribution in [0, 0.1) is 17.8 Å². The second-order valence-electron chi connectivity index (χ2n) is 9.84. The number of hydrogen-bond acceptors (Lipinski definition) is 6. The lowest BCUT2D eigenvalue weighted by atomic mass is 9.74. The molecule has 3 aliphatic heterocycles. The van der Waals surface area contributed by atoms with Gasteiger partial charge in [0.1, 0.15) is 0 Å². The Bertz CT molecular complexity index is 775. The predicted molar refractivity (Wildman–Crippen MR) is 120 cm³/mol. The van der Waals surface area contributed by atoms with Gasteiger partial charge in [0.15, 0.2) is 0 Å². The maximum Gasteiger partial charge on any atom is 0.235 e. The Morgan fingerprint density at radius 1 is 1.19 bits per heavy atom. The minimum Gasteiger partial charge on any atom is -0.376 e. The van der Waals surface area contributed by atoms with Crippen molar-refractivity contribution in [3.8, 4) is 0 Å². The second-order valence-corrected chi connectivity index (χ2v) is 10.3. The van der Waals surface area contributed by atoms with Crippen LogP contribution in [0.15, 0.2) is 12.4 Å². The summed E-state index contributed by atoms with van der Waals surface area (Å²) in [7, 11) is 0. The van der Waals surface area contributed by atoms with Crippen molar-refractivity contribution in [2.75, 3.05) is 24.6 Å². The quantitative estimate of drug-likeness (QED) is 0.691. The van der Waals surface area contributed by atoms with Gasteiger partial charge in [-0.3, -0.25) is 9.69 Å². The zero-order chi connectivity index (χ0) is 21.5. The van der Waals surface area contributed by atoms with Crippen LogP contribution in [0.5, 0.6) is 0 Å². The fourth-order valence-corrected chi connectivity index (χ4v) is 6.71. The van der Waals surface area contributed by atoms with Crippen molar-refractivity contribution < 1.29 is 9.53 Å². The Labute approximate surface area is 189 Å². The van der Waals surface area contributed by atoms with Gasteiger partial charge in [-0.25, -0.2) is 9.97 Å². The van der Waals surface area contributed by atoms with Gasteiger partial charge in [-0.2, -0.15) is 0 Å². The van der Waals surface area contributed by atoms with Crippen LogP contribution in [0.2, 0.25) is 5.02 Å². The normalized spacial score (nSPS) is 34.6. The molecule has 7 nitrogen and oxygen atoms in total. The molecule has 1 aliphatic carbocycles. The Morgan fingerprint density at radius 3 is 2.45 bits per heavy atom. The third kappa shape index (κ3) is 4.29. The third-order valence-electron chi connectivity index (χ3n) is 7.99. The van der Waals surface area contributed by atoms with Crippen molar-refractivity contribution in [2.24, 2.45) is 23.5 Å². The Balaban J connectivity index is 1.28. The van der Waals surface area contributed by atoms with Crippen LogP contribution < -0.4 is 10.6 Å². The number of nitrogens with two attached hydrogens (primary N) is 1. The summed E-state index contributed by atoms with van der Waals surface area (Å²) in [6.07, 6.45) is 11.6. The summed E-state index contributed by atoms with van der Waals surface area (Å²) >= 11 is 5.96. The number of halogens is 1. The van der Waals surface area contributed by atoms with Crippen LogP contribution in [-0.2, 0) is 9.53 Å². The molecular weight excluding hydrogens is 414 g/mol. The molecule has 8 heteroatoms. The molecule has 2 N–H and O–H groups in total. The van der Waals surface area contributed by atoms with Crippen molar-refractivity contribution in [1.82, 2.24) is 14.9 Å². The number of anilines is 1. The van der Waals surface area contributed by atoms with Crippen LogP contribution in [0.25, 0.3) is 0 Å². The minimum absolute atomic E-state index is 0.0370. The summed E-state index contributed by atoms with van der Waals surface area (Å²) in [6.45, 7) is 4.56. The molecule has 1 aromatic heterocycles. The van der Waals surface area contributed by atoms with Gasteiger partial charge in [0.2, 0.25) is 11.9 Å². The number of fused-ring (bicyclic) bond motifs is 2. The molecule has 0 unspecified atom stereocenters. The third-order valence-corrected chi connectivity index (χ3v) is 8.19. The number of aromatic nitrogens is 2. The highest BCUT2D eigenvalue weighted by molar-refractivity contribution is 6.30. The van der Waals surface area contributed by atoms with Crippen molar-refractivity contribution in [2.45, 2.75) is 76.1 Å². The Hall–Kier alpha value is -1.44. The van der Waals surface area contributed by atoms with Crippen molar-refractivity contribution in [3.63, 3.8) is 0 Å². The Morgan fingerprint density at radius 2 is 1.87 bits per heavy atom. The molecule has 1 aromatic rings. The first-order chi connectivity index (χ1) is 15.0. The number of carbonyl (C=O) groups excluding carboxylic acids is 1. The van der Waals surface area contributed by atoms with Crippen LogP contribution >= 0.6 is 11.6 Å². The summed E-state index contributed by atoms with van der Waals surface area (Å²) in [4.78, 5) is 25.8. The van der Waals surface area contributed by atoms with Crippen LogP contribution in [0.1, 0.15) is 51.9 Å². The summed E-state index contributed by atoms with van der Waals surface area (Å²) in [6, 6.07) is 0.966. The highest BCUT2D eigenvalue weighted by Crippen LogP contribution is 2.48. The molecule has 0 radical (unpaired) electrons. The van der Waals surface area contributed by atoms with E-state index in [4.69, 9.17) is 22.1 Å². The van der Waals surface area contributed by atoms with Gasteiger partial charge in [0, 0.05) is 31.8 Å². The molecule has 4 heterocycles. The van der Waals surface area contributed by atoms with Gasteiger partial charge in [0.25, 0.3) is 0 Å². The molecule has 2 bridgehead atoms. The molecule has 1 amide bonds. The topological polar surface area (TPSA) is 84.6 Å². The van der Waals surface area contributed by atoms with E-state index in [0.717, 1.165) is 38.3 Å². The molecule has 170 valence electrons. The first-order valence-corrected chi connectivity index (χ1v) is 12.3. The van der Waals surface area contributed by atoms with Gasteiger partial charge >= 0.3 is 0 Å². The number of piperidine rings is 2. The molecule has 3 saturated heterocycles. The minimum atomic E-state index is -0.110. The lowest BCUT2D eigenvalue weighted by Gasteiger charge is -2.48. The molecular formula is C23H34ClN5O2. The van der Waals surface area contributed by atoms with Crippen molar-refractivity contribution in [1.29, 1.82) is 0 Å². The largest absolute Gasteiger partial charge is 0.376 e. The van der Waals surface area contributed by atoms with Crippen LogP contribution in [-0.4, -0.2) is 64.7 Å². The number of nitrogens with zero attached hydrogens (tertiary/aromatic N) is 4. The molecule has 0 spiro atoms. The SMILES string of the molecule is CCO[C@@H]1CN(c2ncc(Cl)cn2)CC[C@@H]1C1C[C@@H]2CC[C@@H](C1)N2[C@@H](C(N)=O)C1CC1. The monoisotopic (exact) mass is 447 g/mol. The number of rotatable bonds is 7. The van der Waals surface area contributed by atoms with Crippen molar-refractivity contribution in [3.05, 3.63) is 17.4 Å². The van der Waals surface area contributed by atoms with E-state index in [1.165, 1.54) is 25.7 Å². The van der Waals surface area contributed by atoms with E-state index in [2.05, 4.69) is 26.7 Å².